The summed E-state index contributed by atoms with van der Waals surface area (Å²) in [4.78, 5) is 31.7. The van der Waals surface area contributed by atoms with Crippen LogP contribution in [0.25, 0.3) is 10.2 Å². The minimum Gasteiger partial charge on any atom is -0.469 e. The number of hydrogen-bond donors (Lipinski definition) is 0. The van der Waals surface area contributed by atoms with Crippen molar-refractivity contribution in [2.45, 2.75) is 38.0 Å². The lowest BCUT2D eigenvalue weighted by Crippen LogP contribution is -2.39. The third kappa shape index (κ3) is 3.22. The first-order valence-electron chi connectivity index (χ1n) is 9.39. The number of nitrogens with zero attached hydrogens (tertiary/aromatic N) is 2. The molecule has 0 radical (unpaired) electrons. The third-order valence-electron chi connectivity index (χ3n) is 5.75. The van der Waals surface area contributed by atoms with E-state index in [1.165, 1.54) is 11.8 Å². The van der Waals surface area contributed by atoms with Crippen molar-refractivity contribution in [1.82, 2.24) is 9.88 Å². The molecule has 2 heterocycles. The van der Waals surface area contributed by atoms with E-state index in [-0.39, 0.29) is 29.6 Å². The molecule has 6 heteroatoms. The Bertz CT molecular complexity index is 785. The van der Waals surface area contributed by atoms with Crippen molar-refractivity contribution < 1.29 is 14.3 Å². The van der Waals surface area contributed by atoms with Crippen molar-refractivity contribution in [3.05, 3.63) is 29.3 Å². The van der Waals surface area contributed by atoms with Crippen LogP contribution in [0.2, 0.25) is 0 Å². The van der Waals surface area contributed by atoms with Crippen molar-refractivity contribution in [1.29, 1.82) is 0 Å². The first-order valence-corrected chi connectivity index (χ1v) is 10.2. The summed E-state index contributed by atoms with van der Waals surface area (Å²) in [5.41, 5.74) is 1.02. The molecule has 1 saturated heterocycles. The molecule has 3 unspecified atom stereocenters. The Morgan fingerprint density at radius 2 is 2.00 bits per heavy atom. The maximum Gasteiger partial charge on any atom is 0.310 e. The Morgan fingerprint density at radius 3 is 2.81 bits per heavy atom. The van der Waals surface area contributed by atoms with Gasteiger partial charge in [0.1, 0.15) is 0 Å². The van der Waals surface area contributed by atoms with E-state index in [1.807, 2.05) is 23.1 Å². The number of aromatic nitrogens is 1. The molecule has 1 aromatic heterocycles. The first-order chi connectivity index (χ1) is 12.7. The van der Waals surface area contributed by atoms with Gasteiger partial charge < -0.3 is 9.64 Å². The normalized spacial score (nSPS) is 26.2. The van der Waals surface area contributed by atoms with E-state index in [2.05, 4.69) is 6.07 Å². The quantitative estimate of drug-likeness (QED) is 0.773. The molecular formula is C20H24N2O3S. The number of methoxy groups -OCH3 is 1. The van der Waals surface area contributed by atoms with Crippen molar-refractivity contribution in [3.8, 4) is 0 Å². The number of hydrogen-bond acceptors (Lipinski definition) is 5. The molecule has 5 nitrogen and oxygen atoms in total. The predicted octanol–water partition coefficient (Wildman–Crippen LogP) is 3.59. The number of likely N-dealkylation sites (tertiary alicyclic amines) is 1. The van der Waals surface area contributed by atoms with E-state index in [0.717, 1.165) is 36.2 Å². The maximum atomic E-state index is 13.2. The minimum atomic E-state index is -0.202. The highest BCUT2D eigenvalue weighted by Gasteiger charge is 2.39. The lowest BCUT2D eigenvalue weighted by molar-refractivity contribution is -0.145. The summed E-state index contributed by atoms with van der Waals surface area (Å²) in [6.45, 7) is 1.15. The van der Waals surface area contributed by atoms with Crippen LogP contribution in [0.15, 0.2) is 24.3 Å². The number of amides is 1. The predicted molar refractivity (Wildman–Crippen MR) is 101 cm³/mol. The number of carbonyl (C=O) groups excluding carboxylic acids is 2. The molecule has 3 atom stereocenters. The molecule has 26 heavy (non-hydrogen) atoms. The zero-order valence-corrected chi connectivity index (χ0v) is 15.8. The van der Waals surface area contributed by atoms with Gasteiger partial charge in [0.15, 0.2) is 0 Å². The third-order valence-corrected chi connectivity index (χ3v) is 6.91. The molecule has 2 aromatic rings. The van der Waals surface area contributed by atoms with Crippen LogP contribution in [-0.4, -0.2) is 42.0 Å². The summed E-state index contributed by atoms with van der Waals surface area (Å²) in [6, 6.07) is 8.17. The Morgan fingerprint density at radius 1 is 1.19 bits per heavy atom. The molecular weight excluding hydrogens is 348 g/mol. The minimum absolute atomic E-state index is 0.0132. The fraction of sp³-hybridized carbons (Fsp3) is 0.550. The number of ether oxygens (including phenoxy) is 1. The van der Waals surface area contributed by atoms with Crippen molar-refractivity contribution in [3.63, 3.8) is 0 Å². The Hall–Kier alpha value is -1.95. The standard InChI is InChI=1S/C20H24N2O3S/c1-25-20(24)13-10-11-22(12-13)19(23)15-7-3-2-6-14(15)18-21-16-8-4-5-9-17(16)26-18/h4-5,8-9,13-15H,2-3,6-7,10-12H2,1H3. The number of carbonyl (C=O) groups is 2. The fourth-order valence-electron chi connectivity index (χ4n) is 4.32. The van der Waals surface area contributed by atoms with E-state index in [0.29, 0.717) is 19.5 Å². The summed E-state index contributed by atoms with van der Waals surface area (Å²) in [6.07, 6.45) is 4.88. The molecule has 138 valence electrons. The van der Waals surface area contributed by atoms with Crippen LogP contribution in [0.3, 0.4) is 0 Å². The molecule has 2 aliphatic rings. The molecule has 1 aliphatic heterocycles. The lowest BCUT2D eigenvalue weighted by atomic mass is 9.78. The van der Waals surface area contributed by atoms with Gasteiger partial charge in [0.2, 0.25) is 5.91 Å². The van der Waals surface area contributed by atoms with E-state index in [9.17, 15) is 9.59 Å². The molecule has 0 spiro atoms. The van der Waals surface area contributed by atoms with E-state index >= 15 is 0 Å². The lowest BCUT2D eigenvalue weighted by Gasteiger charge is -2.32. The molecule has 1 amide bonds. The molecule has 4 rings (SSSR count). The van der Waals surface area contributed by atoms with Gasteiger partial charge in [-0.1, -0.05) is 25.0 Å². The number of benzene rings is 1. The van der Waals surface area contributed by atoms with Gasteiger partial charge in [0, 0.05) is 24.9 Å². The van der Waals surface area contributed by atoms with Crippen LogP contribution in [0.1, 0.15) is 43.0 Å². The van der Waals surface area contributed by atoms with Crippen LogP contribution in [0.4, 0.5) is 0 Å². The van der Waals surface area contributed by atoms with Gasteiger partial charge in [-0.3, -0.25) is 9.59 Å². The highest BCUT2D eigenvalue weighted by atomic mass is 32.1. The second-order valence-electron chi connectivity index (χ2n) is 7.31. The molecule has 1 aliphatic carbocycles. The second-order valence-corrected chi connectivity index (χ2v) is 8.37. The Balaban J connectivity index is 1.54. The molecule has 2 fully saturated rings. The van der Waals surface area contributed by atoms with Gasteiger partial charge in [-0.05, 0) is 31.4 Å². The van der Waals surface area contributed by atoms with Crippen LogP contribution in [0, 0.1) is 11.8 Å². The zero-order valence-electron chi connectivity index (χ0n) is 15.0. The Labute approximate surface area is 157 Å². The topological polar surface area (TPSA) is 59.5 Å². The monoisotopic (exact) mass is 372 g/mol. The average molecular weight is 372 g/mol. The highest BCUT2D eigenvalue weighted by Crippen LogP contribution is 2.42. The fourth-order valence-corrected chi connectivity index (χ4v) is 5.49. The van der Waals surface area contributed by atoms with Crippen molar-refractivity contribution >= 4 is 33.4 Å². The van der Waals surface area contributed by atoms with Gasteiger partial charge in [-0.25, -0.2) is 4.98 Å². The molecule has 1 aromatic carbocycles. The van der Waals surface area contributed by atoms with Gasteiger partial charge in [0.05, 0.1) is 28.3 Å². The van der Waals surface area contributed by atoms with Gasteiger partial charge in [0.25, 0.3) is 0 Å². The van der Waals surface area contributed by atoms with Crippen molar-refractivity contribution in [2.24, 2.45) is 11.8 Å². The summed E-state index contributed by atoms with van der Waals surface area (Å²) in [7, 11) is 1.41. The van der Waals surface area contributed by atoms with Gasteiger partial charge in [-0.15, -0.1) is 11.3 Å². The zero-order chi connectivity index (χ0) is 18.1. The summed E-state index contributed by atoms with van der Waals surface area (Å²) in [5.74, 6) is 0.00648. The van der Waals surface area contributed by atoms with E-state index < -0.39 is 0 Å². The number of esters is 1. The smallest absolute Gasteiger partial charge is 0.310 e. The summed E-state index contributed by atoms with van der Waals surface area (Å²) >= 11 is 1.72. The number of thiazole rings is 1. The average Bonchev–Trinajstić information content (AvgIpc) is 3.34. The molecule has 1 saturated carbocycles. The van der Waals surface area contributed by atoms with E-state index in [4.69, 9.17) is 9.72 Å². The van der Waals surface area contributed by atoms with Gasteiger partial charge in [-0.2, -0.15) is 0 Å². The molecule has 0 bridgehead atoms. The first kappa shape index (κ1) is 17.5. The van der Waals surface area contributed by atoms with Gasteiger partial charge >= 0.3 is 5.97 Å². The summed E-state index contributed by atoms with van der Waals surface area (Å²) in [5, 5.41) is 1.09. The SMILES string of the molecule is COC(=O)C1CCN(C(=O)C2CCCCC2c2nc3ccccc3s2)C1. The van der Waals surface area contributed by atoms with Crippen LogP contribution in [-0.2, 0) is 14.3 Å². The van der Waals surface area contributed by atoms with E-state index in [1.54, 1.807) is 11.3 Å². The number of rotatable bonds is 3. The van der Waals surface area contributed by atoms with Crippen LogP contribution in [0.5, 0.6) is 0 Å². The summed E-state index contributed by atoms with van der Waals surface area (Å²) < 4.78 is 6.03. The Kier molecular flexibility index (Phi) is 4.94. The highest BCUT2D eigenvalue weighted by molar-refractivity contribution is 7.18. The number of fused-ring (bicyclic) bond motifs is 1. The maximum absolute atomic E-state index is 13.2. The van der Waals surface area contributed by atoms with Crippen LogP contribution < -0.4 is 0 Å². The molecule has 0 N–H and O–H groups in total. The van der Waals surface area contributed by atoms with Crippen molar-refractivity contribution in [2.75, 3.05) is 20.2 Å². The largest absolute Gasteiger partial charge is 0.469 e. The van der Waals surface area contributed by atoms with Crippen LogP contribution >= 0.6 is 11.3 Å². The second kappa shape index (κ2) is 7.35. The number of para-hydroxylation sites is 1.